The molecule has 0 heterocycles. The number of rotatable bonds is 3. The standard InChI is InChI=1S/C8H10BrFN2/c9-7-5-6(11)1-2-8(7)12-4-3-10/h1-2,5,12H,3-4,11H2. The molecule has 4 heteroatoms. The van der Waals surface area contributed by atoms with E-state index < -0.39 is 0 Å². The lowest BCUT2D eigenvalue weighted by Gasteiger charge is -2.06. The second kappa shape index (κ2) is 4.30. The fourth-order valence-electron chi connectivity index (χ4n) is 0.857. The molecule has 2 nitrogen and oxygen atoms in total. The van der Waals surface area contributed by atoms with Crippen LogP contribution in [-0.2, 0) is 0 Å². The number of halogens is 2. The minimum absolute atomic E-state index is 0.322. The summed E-state index contributed by atoms with van der Waals surface area (Å²) in [6.07, 6.45) is 0. The maximum absolute atomic E-state index is 11.8. The van der Waals surface area contributed by atoms with Crippen LogP contribution in [0.15, 0.2) is 22.7 Å². The molecule has 0 spiro atoms. The maximum Gasteiger partial charge on any atom is 0.107 e. The maximum atomic E-state index is 11.8. The van der Waals surface area contributed by atoms with Crippen LogP contribution in [0.2, 0.25) is 0 Å². The third-order valence-electron chi connectivity index (χ3n) is 1.40. The highest BCUT2D eigenvalue weighted by Crippen LogP contribution is 2.24. The number of nitrogens with two attached hydrogens (primary N) is 1. The van der Waals surface area contributed by atoms with Crippen LogP contribution in [-0.4, -0.2) is 13.2 Å². The SMILES string of the molecule is Nc1ccc(NCCF)c(Br)c1. The Labute approximate surface area is 79.1 Å². The summed E-state index contributed by atoms with van der Waals surface area (Å²) in [6, 6.07) is 5.36. The number of nitrogens with one attached hydrogen (secondary N) is 1. The van der Waals surface area contributed by atoms with E-state index in [4.69, 9.17) is 5.73 Å². The minimum Gasteiger partial charge on any atom is -0.399 e. The van der Waals surface area contributed by atoms with Crippen LogP contribution in [0.1, 0.15) is 0 Å². The van der Waals surface area contributed by atoms with E-state index in [2.05, 4.69) is 21.2 Å². The molecule has 0 amide bonds. The number of nitrogen functional groups attached to an aromatic ring is 1. The van der Waals surface area contributed by atoms with E-state index in [0.717, 1.165) is 10.2 Å². The van der Waals surface area contributed by atoms with Crippen molar-refractivity contribution in [2.75, 3.05) is 24.3 Å². The quantitative estimate of drug-likeness (QED) is 0.786. The Morgan fingerprint density at radius 3 is 2.83 bits per heavy atom. The van der Waals surface area contributed by atoms with E-state index in [1.54, 1.807) is 12.1 Å². The van der Waals surface area contributed by atoms with Gasteiger partial charge in [-0.25, -0.2) is 4.39 Å². The first-order valence-electron chi connectivity index (χ1n) is 3.59. The summed E-state index contributed by atoms with van der Waals surface area (Å²) < 4.78 is 12.6. The van der Waals surface area contributed by atoms with Crippen LogP contribution < -0.4 is 11.1 Å². The van der Waals surface area contributed by atoms with E-state index >= 15 is 0 Å². The van der Waals surface area contributed by atoms with Gasteiger partial charge in [-0.05, 0) is 34.1 Å². The Bertz CT molecular complexity index is 265. The summed E-state index contributed by atoms with van der Waals surface area (Å²) in [5, 5.41) is 2.91. The van der Waals surface area contributed by atoms with E-state index in [1.807, 2.05) is 6.07 Å². The third kappa shape index (κ3) is 2.37. The Hall–Kier alpha value is -0.770. The number of hydrogen-bond acceptors (Lipinski definition) is 2. The summed E-state index contributed by atoms with van der Waals surface area (Å²) >= 11 is 3.31. The predicted octanol–water partition coefficient (Wildman–Crippen LogP) is 2.41. The molecule has 0 aliphatic heterocycles. The molecule has 3 N–H and O–H groups in total. The number of hydrogen-bond donors (Lipinski definition) is 2. The van der Waals surface area contributed by atoms with Crippen molar-refractivity contribution < 1.29 is 4.39 Å². The van der Waals surface area contributed by atoms with Gasteiger partial charge in [-0.15, -0.1) is 0 Å². The molecular formula is C8H10BrFN2. The Balaban J connectivity index is 2.72. The smallest absolute Gasteiger partial charge is 0.107 e. The lowest BCUT2D eigenvalue weighted by molar-refractivity contribution is 0.512. The van der Waals surface area contributed by atoms with Crippen LogP contribution in [0.25, 0.3) is 0 Å². The molecule has 0 saturated carbocycles. The molecule has 0 bridgehead atoms. The van der Waals surface area contributed by atoms with Crippen LogP contribution in [0, 0.1) is 0 Å². The van der Waals surface area contributed by atoms with Crippen molar-refractivity contribution in [2.45, 2.75) is 0 Å². The Morgan fingerprint density at radius 2 is 2.25 bits per heavy atom. The molecule has 66 valence electrons. The first-order valence-corrected chi connectivity index (χ1v) is 4.38. The molecule has 1 aromatic rings. The van der Waals surface area contributed by atoms with Gasteiger partial charge in [0.1, 0.15) is 6.67 Å². The predicted molar refractivity (Wildman–Crippen MR) is 53.0 cm³/mol. The van der Waals surface area contributed by atoms with Crippen molar-refractivity contribution in [3.63, 3.8) is 0 Å². The van der Waals surface area contributed by atoms with Crippen molar-refractivity contribution >= 4 is 27.3 Å². The van der Waals surface area contributed by atoms with E-state index in [0.29, 0.717) is 12.2 Å². The van der Waals surface area contributed by atoms with E-state index in [1.165, 1.54) is 0 Å². The van der Waals surface area contributed by atoms with Gasteiger partial charge in [0, 0.05) is 22.4 Å². The Kier molecular flexibility index (Phi) is 3.34. The molecule has 0 fully saturated rings. The zero-order chi connectivity index (χ0) is 8.97. The van der Waals surface area contributed by atoms with Crippen molar-refractivity contribution in [3.05, 3.63) is 22.7 Å². The Morgan fingerprint density at radius 1 is 1.50 bits per heavy atom. The monoisotopic (exact) mass is 232 g/mol. The summed E-state index contributed by atoms with van der Waals surface area (Å²) in [4.78, 5) is 0. The molecule has 0 atom stereocenters. The topological polar surface area (TPSA) is 38.0 Å². The zero-order valence-corrected chi connectivity index (χ0v) is 8.07. The van der Waals surface area contributed by atoms with Gasteiger partial charge in [-0.1, -0.05) is 0 Å². The average molecular weight is 233 g/mol. The molecule has 12 heavy (non-hydrogen) atoms. The summed E-state index contributed by atoms with van der Waals surface area (Å²) in [6.45, 7) is -0.0562. The molecule has 0 aliphatic carbocycles. The van der Waals surface area contributed by atoms with Crippen LogP contribution in [0.5, 0.6) is 0 Å². The van der Waals surface area contributed by atoms with Gasteiger partial charge in [-0.3, -0.25) is 0 Å². The van der Waals surface area contributed by atoms with E-state index in [9.17, 15) is 4.39 Å². The van der Waals surface area contributed by atoms with Crippen molar-refractivity contribution in [1.82, 2.24) is 0 Å². The van der Waals surface area contributed by atoms with Gasteiger partial charge in [0.05, 0.1) is 0 Å². The molecule has 1 rings (SSSR count). The van der Waals surface area contributed by atoms with Gasteiger partial charge in [-0.2, -0.15) is 0 Å². The molecule has 0 aromatic heterocycles. The summed E-state index contributed by atoms with van der Waals surface area (Å²) in [7, 11) is 0. The summed E-state index contributed by atoms with van der Waals surface area (Å²) in [5.74, 6) is 0. The lowest BCUT2D eigenvalue weighted by Crippen LogP contribution is -2.03. The molecular weight excluding hydrogens is 223 g/mol. The normalized spacial score (nSPS) is 9.83. The fraction of sp³-hybridized carbons (Fsp3) is 0.250. The molecule has 1 aromatic carbocycles. The largest absolute Gasteiger partial charge is 0.399 e. The molecule has 0 aliphatic rings. The van der Waals surface area contributed by atoms with Gasteiger partial charge in [0.2, 0.25) is 0 Å². The first-order chi connectivity index (χ1) is 5.74. The van der Waals surface area contributed by atoms with Crippen molar-refractivity contribution in [3.8, 4) is 0 Å². The van der Waals surface area contributed by atoms with E-state index in [-0.39, 0.29) is 6.67 Å². The van der Waals surface area contributed by atoms with Crippen LogP contribution in [0.4, 0.5) is 15.8 Å². The van der Waals surface area contributed by atoms with Gasteiger partial charge in [0.15, 0.2) is 0 Å². The average Bonchev–Trinajstić information content (AvgIpc) is 2.03. The van der Waals surface area contributed by atoms with Crippen LogP contribution in [0.3, 0.4) is 0 Å². The van der Waals surface area contributed by atoms with Crippen molar-refractivity contribution in [2.24, 2.45) is 0 Å². The first kappa shape index (κ1) is 9.32. The van der Waals surface area contributed by atoms with Gasteiger partial charge < -0.3 is 11.1 Å². The summed E-state index contributed by atoms with van der Waals surface area (Å²) in [5.41, 5.74) is 7.07. The fourth-order valence-corrected chi connectivity index (χ4v) is 1.39. The highest BCUT2D eigenvalue weighted by Gasteiger charge is 1.97. The highest BCUT2D eigenvalue weighted by atomic mass is 79.9. The van der Waals surface area contributed by atoms with Gasteiger partial charge in [0.25, 0.3) is 0 Å². The number of benzene rings is 1. The number of anilines is 2. The van der Waals surface area contributed by atoms with Crippen LogP contribution >= 0.6 is 15.9 Å². The molecule has 0 radical (unpaired) electrons. The second-order valence-corrected chi connectivity index (χ2v) is 3.21. The highest BCUT2D eigenvalue weighted by molar-refractivity contribution is 9.10. The second-order valence-electron chi connectivity index (χ2n) is 2.36. The molecule has 0 unspecified atom stereocenters. The number of alkyl halides is 1. The third-order valence-corrected chi connectivity index (χ3v) is 2.06. The molecule has 0 saturated heterocycles. The minimum atomic E-state index is -0.378. The lowest BCUT2D eigenvalue weighted by atomic mass is 10.3. The zero-order valence-electron chi connectivity index (χ0n) is 6.48. The van der Waals surface area contributed by atoms with Gasteiger partial charge >= 0.3 is 0 Å². The van der Waals surface area contributed by atoms with Crippen molar-refractivity contribution in [1.29, 1.82) is 0 Å².